The summed E-state index contributed by atoms with van der Waals surface area (Å²) in [5.41, 5.74) is -0.777. The average molecular weight is 282 g/mol. The van der Waals surface area contributed by atoms with Crippen molar-refractivity contribution in [3.05, 3.63) is 0 Å². The summed E-state index contributed by atoms with van der Waals surface area (Å²) in [5, 5.41) is 12.6. The van der Waals surface area contributed by atoms with E-state index in [1.807, 2.05) is 13.8 Å². The van der Waals surface area contributed by atoms with E-state index in [0.717, 1.165) is 19.3 Å². The molecular weight excluding hydrogens is 256 g/mol. The van der Waals surface area contributed by atoms with Gasteiger partial charge < -0.3 is 15.3 Å². The van der Waals surface area contributed by atoms with Gasteiger partial charge in [-0.25, -0.2) is 4.79 Å². The van der Waals surface area contributed by atoms with Gasteiger partial charge in [-0.1, -0.05) is 20.8 Å². The van der Waals surface area contributed by atoms with Crippen LogP contribution < -0.4 is 5.32 Å². The Labute approximate surface area is 120 Å². The van der Waals surface area contributed by atoms with Gasteiger partial charge in [0.25, 0.3) is 0 Å². The quantitative estimate of drug-likeness (QED) is 0.834. The van der Waals surface area contributed by atoms with Gasteiger partial charge in [-0.05, 0) is 37.5 Å². The number of carbonyl (C=O) groups is 2. The Balaban J connectivity index is 1.94. The molecule has 2 aliphatic rings. The number of nitrogens with zero attached hydrogens (tertiary/aromatic N) is 1. The monoisotopic (exact) mass is 282 g/mol. The highest BCUT2D eigenvalue weighted by Gasteiger charge is 2.48. The third-order valence-corrected chi connectivity index (χ3v) is 5.14. The van der Waals surface area contributed by atoms with Gasteiger partial charge in [-0.15, -0.1) is 0 Å². The van der Waals surface area contributed by atoms with E-state index >= 15 is 0 Å². The molecule has 0 aromatic heterocycles. The van der Waals surface area contributed by atoms with Crippen LogP contribution in [0.5, 0.6) is 0 Å². The highest BCUT2D eigenvalue weighted by atomic mass is 16.4. The molecule has 2 fully saturated rings. The summed E-state index contributed by atoms with van der Waals surface area (Å²) in [4.78, 5) is 25.5. The molecule has 1 heterocycles. The first-order chi connectivity index (χ1) is 9.35. The summed E-state index contributed by atoms with van der Waals surface area (Å²) in [6, 6.07) is 0.171. The molecule has 114 valence electrons. The molecule has 2 rings (SSSR count). The van der Waals surface area contributed by atoms with Gasteiger partial charge in [0.2, 0.25) is 0 Å². The SMILES string of the molecule is CC1CCC(NC(=O)N2CCC(C(=O)O)(C(C)C)C2)C1. The number of urea groups is 1. The number of hydrogen-bond acceptors (Lipinski definition) is 2. The van der Waals surface area contributed by atoms with Crippen LogP contribution in [0.1, 0.15) is 46.5 Å². The molecule has 1 saturated heterocycles. The van der Waals surface area contributed by atoms with Crippen LogP contribution in [0.25, 0.3) is 0 Å². The first-order valence-electron chi connectivity index (χ1n) is 7.64. The van der Waals surface area contributed by atoms with E-state index in [1.165, 1.54) is 0 Å². The Hall–Kier alpha value is -1.26. The lowest BCUT2D eigenvalue weighted by molar-refractivity contribution is -0.150. The highest BCUT2D eigenvalue weighted by Crippen LogP contribution is 2.38. The number of carboxylic acids is 1. The normalized spacial score (nSPS) is 33.7. The summed E-state index contributed by atoms with van der Waals surface area (Å²) < 4.78 is 0. The fraction of sp³-hybridized carbons (Fsp3) is 0.867. The molecule has 0 spiro atoms. The molecule has 5 heteroatoms. The smallest absolute Gasteiger partial charge is 0.317 e. The van der Waals surface area contributed by atoms with Crippen LogP contribution >= 0.6 is 0 Å². The molecular formula is C15H26N2O3. The number of rotatable bonds is 3. The van der Waals surface area contributed by atoms with E-state index in [9.17, 15) is 14.7 Å². The zero-order chi connectivity index (χ0) is 14.9. The largest absolute Gasteiger partial charge is 0.481 e. The molecule has 1 aliphatic carbocycles. The van der Waals surface area contributed by atoms with E-state index < -0.39 is 11.4 Å². The van der Waals surface area contributed by atoms with Crippen LogP contribution in [0.4, 0.5) is 4.79 Å². The van der Waals surface area contributed by atoms with Gasteiger partial charge in [0.15, 0.2) is 0 Å². The molecule has 3 unspecified atom stereocenters. The van der Waals surface area contributed by atoms with Crippen LogP contribution in [0.2, 0.25) is 0 Å². The van der Waals surface area contributed by atoms with E-state index in [1.54, 1.807) is 4.90 Å². The van der Waals surface area contributed by atoms with Crippen molar-refractivity contribution in [3.63, 3.8) is 0 Å². The zero-order valence-electron chi connectivity index (χ0n) is 12.7. The molecule has 1 aliphatic heterocycles. The van der Waals surface area contributed by atoms with Crippen molar-refractivity contribution in [1.82, 2.24) is 10.2 Å². The minimum atomic E-state index is -0.780. The Bertz CT molecular complexity index is 397. The van der Waals surface area contributed by atoms with Crippen molar-refractivity contribution in [3.8, 4) is 0 Å². The zero-order valence-corrected chi connectivity index (χ0v) is 12.7. The molecule has 0 aromatic rings. The van der Waals surface area contributed by atoms with Crippen LogP contribution in [0, 0.1) is 17.3 Å². The van der Waals surface area contributed by atoms with E-state index in [-0.39, 0.29) is 18.0 Å². The fourth-order valence-electron chi connectivity index (χ4n) is 3.50. The van der Waals surface area contributed by atoms with Crippen molar-refractivity contribution < 1.29 is 14.7 Å². The second-order valence-electron chi connectivity index (χ2n) is 6.85. The Morgan fingerprint density at radius 1 is 1.35 bits per heavy atom. The lowest BCUT2D eigenvalue weighted by atomic mass is 9.76. The molecule has 3 atom stereocenters. The standard InChI is InChI=1S/C15H26N2O3/c1-10(2)15(13(18)19)6-7-17(9-15)14(20)16-12-5-4-11(3)8-12/h10-12H,4-9H2,1-3H3,(H,16,20)(H,18,19). The molecule has 0 aromatic carbocycles. The number of nitrogens with one attached hydrogen (secondary N) is 1. The number of amides is 2. The summed E-state index contributed by atoms with van der Waals surface area (Å²) in [6.07, 6.45) is 3.79. The number of hydrogen-bond donors (Lipinski definition) is 2. The Morgan fingerprint density at radius 3 is 2.50 bits per heavy atom. The minimum absolute atomic E-state index is 0.0318. The Kier molecular flexibility index (Phi) is 4.25. The summed E-state index contributed by atoms with van der Waals surface area (Å²) in [7, 11) is 0. The molecule has 1 saturated carbocycles. The highest BCUT2D eigenvalue weighted by molar-refractivity contribution is 5.80. The third-order valence-electron chi connectivity index (χ3n) is 5.14. The number of likely N-dealkylation sites (tertiary alicyclic amines) is 1. The van der Waals surface area contributed by atoms with Gasteiger partial charge in [-0.3, -0.25) is 4.79 Å². The van der Waals surface area contributed by atoms with Gasteiger partial charge in [-0.2, -0.15) is 0 Å². The van der Waals surface area contributed by atoms with Crippen molar-refractivity contribution in [2.45, 2.75) is 52.5 Å². The molecule has 20 heavy (non-hydrogen) atoms. The molecule has 2 amide bonds. The fourth-order valence-corrected chi connectivity index (χ4v) is 3.50. The number of carbonyl (C=O) groups excluding carboxylic acids is 1. The summed E-state index contributed by atoms with van der Waals surface area (Å²) in [5.74, 6) is -0.0748. The lowest BCUT2D eigenvalue weighted by Crippen LogP contribution is -2.46. The van der Waals surface area contributed by atoms with Crippen molar-refractivity contribution in [2.24, 2.45) is 17.3 Å². The lowest BCUT2D eigenvalue weighted by Gasteiger charge is -2.29. The maximum absolute atomic E-state index is 12.3. The molecule has 5 nitrogen and oxygen atoms in total. The Morgan fingerprint density at radius 2 is 2.05 bits per heavy atom. The second-order valence-corrected chi connectivity index (χ2v) is 6.85. The first-order valence-corrected chi connectivity index (χ1v) is 7.64. The van der Waals surface area contributed by atoms with Gasteiger partial charge in [0, 0.05) is 19.1 Å². The van der Waals surface area contributed by atoms with Gasteiger partial charge in [0.05, 0.1) is 5.41 Å². The van der Waals surface area contributed by atoms with Gasteiger partial charge >= 0.3 is 12.0 Å². The third kappa shape index (κ3) is 2.76. The van der Waals surface area contributed by atoms with Gasteiger partial charge in [0.1, 0.15) is 0 Å². The maximum atomic E-state index is 12.3. The van der Waals surface area contributed by atoms with Crippen LogP contribution in [0.15, 0.2) is 0 Å². The number of carboxylic acid groups (broad SMARTS) is 1. The van der Waals surface area contributed by atoms with Crippen LogP contribution in [0.3, 0.4) is 0 Å². The molecule has 0 bridgehead atoms. The van der Waals surface area contributed by atoms with Crippen LogP contribution in [-0.2, 0) is 4.79 Å². The van der Waals surface area contributed by atoms with E-state index in [0.29, 0.717) is 25.4 Å². The van der Waals surface area contributed by atoms with Crippen molar-refractivity contribution >= 4 is 12.0 Å². The minimum Gasteiger partial charge on any atom is -0.481 e. The van der Waals surface area contributed by atoms with Crippen LogP contribution in [-0.4, -0.2) is 41.1 Å². The molecule has 2 N–H and O–H groups in total. The predicted molar refractivity (Wildman–Crippen MR) is 76.4 cm³/mol. The van der Waals surface area contributed by atoms with E-state index in [4.69, 9.17) is 0 Å². The summed E-state index contributed by atoms with van der Waals surface area (Å²) in [6.45, 7) is 6.92. The number of aliphatic carboxylic acids is 1. The van der Waals surface area contributed by atoms with E-state index in [2.05, 4.69) is 12.2 Å². The molecule has 0 radical (unpaired) electrons. The second kappa shape index (κ2) is 5.62. The van der Waals surface area contributed by atoms with Crippen molar-refractivity contribution in [2.75, 3.05) is 13.1 Å². The summed E-state index contributed by atoms with van der Waals surface area (Å²) >= 11 is 0. The topological polar surface area (TPSA) is 69.6 Å². The average Bonchev–Trinajstić information content (AvgIpc) is 2.96. The first kappa shape index (κ1) is 15.1. The predicted octanol–water partition coefficient (Wildman–Crippen LogP) is 2.32. The van der Waals surface area contributed by atoms with Crippen molar-refractivity contribution in [1.29, 1.82) is 0 Å². The maximum Gasteiger partial charge on any atom is 0.317 e.